The minimum atomic E-state index is 0.103. The molecule has 1 saturated heterocycles. The van der Waals surface area contributed by atoms with Crippen LogP contribution in [0.15, 0.2) is 24.3 Å². The molecule has 0 atom stereocenters. The van der Waals surface area contributed by atoms with Crippen LogP contribution < -0.4 is 5.32 Å². The highest BCUT2D eigenvalue weighted by atomic mass is 16.2. The van der Waals surface area contributed by atoms with E-state index >= 15 is 0 Å². The number of nitrogens with one attached hydrogen (secondary N) is 1. The van der Waals surface area contributed by atoms with Crippen LogP contribution >= 0.6 is 0 Å². The Labute approximate surface area is 134 Å². The maximum atomic E-state index is 12.1. The maximum Gasteiger partial charge on any atom is 0.317 e. The Hall–Kier alpha value is -1.55. The molecular formula is C18H29N3O. The molecule has 1 fully saturated rings. The molecule has 22 heavy (non-hydrogen) atoms. The van der Waals surface area contributed by atoms with Crippen LogP contribution in [0.1, 0.15) is 37.3 Å². The van der Waals surface area contributed by atoms with Crippen molar-refractivity contribution in [2.45, 2.75) is 39.7 Å². The van der Waals surface area contributed by atoms with Crippen molar-refractivity contribution in [2.24, 2.45) is 0 Å². The minimum absolute atomic E-state index is 0.103. The molecule has 1 aliphatic heterocycles. The molecule has 1 aromatic carbocycles. The van der Waals surface area contributed by atoms with Crippen molar-refractivity contribution in [1.29, 1.82) is 0 Å². The number of nitrogens with zero attached hydrogens (tertiary/aromatic N) is 2. The second kappa shape index (κ2) is 8.79. The van der Waals surface area contributed by atoms with Gasteiger partial charge in [0.15, 0.2) is 0 Å². The van der Waals surface area contributed by atoms with Crippen molar-refractivity contribution in [2.75, 3.05) is 32.7 Å². The number of benzene rings is 1. The maximum absolute atomic E-state index is 12.1. The number of piperazine rings is 1. The van der Waals surface area contributed by atoms with E-state index in [0.717, 1.165) is 45.7 Å². The van der Waals surface area contributed by atoms with Gasteiger partial charge in [-0.1, -0.05) is 49.6 Å². The highest BCUT2D eigenvalue weighted by Crippen LogP contribution is 2.10. The number of amides is 2. The van der Waals surface area contributed by atoms with E-state index in [9.17, 15) is 4.79 Å². The molecule has 0 bridgehead atoms. The van der Waals surface area contributed by atoms with E-state index in [2.05, 4.69) is 48.3 Å². The van der Waals surface area contributed by atoms with Crippen molar-refractivity contribution >= 4 is 6.03 Å². The molecule has 1 aliphatic rings. The summed E-state index contributed by atoms with van der Waals surface area (Å²) in [6, 6.07) is 8.82. The molecule has 0 aliphatic carbocycles. The highest BCUT2D eigenvalue weighted by Gasteiger charge is 2.20. The summed E-state index contributed by atoms with van der Waals surface area (Å²) in [6.07, 6.45) is 3.45. The lowest BCUT2D eigenvalue weighted by molar-refractivity contribution is 0.135. The molecule has 1 aromatic rings. The van der Waals surface area contributed by atoms with Crippen LogP contribution in [0.25, 0.3) is 0 Å². The van der Waals surface area contributed by atoms with Crippen molar-refractivity contribution < 1.29 is 4.79 Å². The lowest BCUT2D eigenvalue weighted by atomic mass is 10.1. The first kappa shape index (κ1) is 16.8. The molecule has 1 N–H and O–H groups in total. The summed E-state index contributed by atoms with van der Waals surface area (Å²) in [4.78, 5) is 16.4. The summed E-state index contributed by atoms with van der Waals surface area (Å²) in [6.45, 7) is 9.63. The summed E-state index contributed by atoms with van der Waals surface area (Å²) >= 11 is 0. The summed E-state index contributed by atoms with van der Waals surface area (Å²) < 4.78 is 0. The van der Waals surface area contributed by atoms with E-state index in [4.69, 9.17) is 0 Å². The van der Waals surface area contributed by atoms with Gasteiger partial charge in [0, 0.05) is 39.3 Å². The largest absolute Gasteiger partial charge is 0.338 e. The van der Waals surface area contributed by atoms with E-state index in [1.807, 2.05) is 4.90 Å². The second-order valence-electron chi connectivity index (χ2n) is 6.19. The Morgan fingerprint density at radius 3 is 2.41 bits per heavy atom. The van der Waals surface area contributed by atoms with Crippen molar-refractivity contribution in [1.82, 2.24) is 15.1 Å². The molecule has 0 radical (unpaired) electrons. The van der Waals surface area contributed by atoms with E-state index in [-0.39, 0.29) is 6.03 Å². The Morgan fingerprint density at radius 2 is 1.77 bits per heavy atom. The van der Waals surface area contributed by atoms with Crippen LogP contribution in [0, 0.1) is 6.92 Å². The zero-order valence-electron chi connectivity index (χ0n) is 14.0. The van der Waals surface area contributed by atoms with Gasteiger partial charge in [0.05, 0.1) is 0 Å². The van der Waals surface area contributed by atoms with E-state index < -0.39 is 0 Å². The quantitative estimate of drug-likeness (QED) is 0.820. The van der Waals surface area contributed by atoms with Gasteiger partial charge in [-0.05, 0) is 18.9 Å². The molecule has 0 spiro atoms. The molecule has 4 nitrogen and oxygen atoms in total. The fourth-order valence-corrected chi connectivity index (χ4v) is 2.74. The number of carbonyl (C=O) groups excluding carboxylic acids is 1. The molecule has 0 unspecified atom stereocenters. The van der Waals surface area contributed by atoms with Gasteiger partial charge in [-0.2, -0.15) is 0 Å². The molecular weight excluding hydrogens is 274 g/mol. The summed E-state index contributed by atoms with van der Waals surface area (Å²) in [5.41, 5.74) is 2.65. The molecule has 2 rings (SSSR count). The van der Waals surface area contributed by atoms with Crippen molar-refractivity contribution in [3.05, 3.63) is 35.4 Å². The predicted octanol–water partition coefficient (Wildman–Crippen LogP) is 3.01. The number of hydrogen-bond donors (Lipinski definition) is 1. The number of carbonyl (C=O) groups is 1. The van der Waals surface area contributed by atoms with Gasteiger partial charge < -0.3 is 10.2 Å². The van der Waals surface area contributed by atoms with Crippen molar-refractivity contribution in [3.63, 3.8) is 0 Å². The van der Waals surface area contributed by atoms with Crippen molar-refractivity contribution in [3.8, 4) is 0 Å². The van der Waals surface area contributed by atoms with Crippen LogP contribution in [-0.4, -0.2) is 48.6 Å². The van der Waals surface area contributed by atoms with Crippen LogP contribution in [0.2, 0.25) is 0 Å². The molecule has 122 valence electrons. The first-order valence-corrected chi connectivity index (χ1v) is 8.49. The number of unbranched alkanes of at least 4 members (excludes halogenated alkanes) is 2. The minimum Gasteiger partial charge on any atom is -0.338 e. The standard InChI is InChI=1S/C18H29N3O/c1-3-4-5-10-19-18(22)21-13-11-20(12-14-21)15-17-8-6-16(2)7-9-17/h6-9H,3-5,10-15H2,1-2H3,(H,19,22). The lowest BCUT2D eigenvalue weighted by Gasteiger charge is -2.34. The molecule has 2 amide bonds. The van der Waals surface area contributed by atoms with E-state index in [1.165, 1.54) is 24.0 Å². The molecule has 0 saturated carbocycles. The first-order valence-electron chi connectivity index (χ1n) is 8.49. The van der Waals surface area contributed by atoms with Gasteiger partial charge in [0.25, 0.3) is 0 Å². The molecule has 0 aromatic heterocycles. The third-order valence-electron chi connectivity index (χ3n) is 4.24. The molecule has 4 heteroatoms. The van der Waals surface area contributed by atoms with Crippen LogP contribution in [0.4, 0.5) is 4.79 Å². The fraction of sp³-hybridized carbons (Fsp3) is 0.611. The number of urea groups is 1. The summed E-state index contributed by atoms with van der Waals surface area (Å²) in [7, 11) is 0. The Balaban J connectivity index is 1.68. The Kier molecular flexibility index (Phi) is 6.72. The van der Waals surface area contributed by atoms with Gasteiger partial charge in [0.2, 0.25) is 0 Å². The van der Waals surface area contributed by atoms with Crippen LogP contribution in [0.3, 0.4) is 0 Å². The van der Waals surface area contributed by atoms with Crippen LogP contribution in [0.5, 0.6) is 0 Å². The summed E-state index contributed by atoms with van der Waals surface area (Å²) in [5, 5.41) is 3.03. The topological polar surface area (TPSA) is 35.6 Å². The lowest BCUT2D eigenvalue weighted by Crippen LogP contribution is -2.51. The highest BCUT2D eigenvalue weighted by molar-refractivity contribution is 5.74. The van der Waals surface area contributed by atoms with Gasteiger partial charge in [-0.3, -0.25) is 4.90 Å². The predicted molar refractivity (Wildman–Crippen MR) is 91.0 cm³/mol. The van der Waals surface area contributed by atoms with Gasteiger partial charge >= 0.3 is 6.03 Å². The third kappa shape index (κ3) is 5.34. The number of hydrogen-bond acceptors (Lipinski definition) is 2. The SMILES string of the molecule is CCCCCNC(=O)N1CCN(Cc2ccc(C)cc2)CC1. The fourth-order valence-electron chi connectivity index (χ4n) is 2.74. The van der Waals surface area contributed by atoms with E-state index in [0.29, 0.717) is 0 Å². The monoisotopic (exact) mass is 303 g/mol. The van der Waals surface area contributed by atoms with Gasteiger partial charge in [-0.15, -0.1) is 0 Å². The average Bonchev–Trinajstić information content (AvgIpc) is 2.54. The Morgan fingerprint density at radius 1 is 1.09 bits per heavy atom. The normalized spacial score (nSPS) is 15.8. The van der Waals surface area contributed by atoms with Gasteiger partial charge in [0.1, 0.15) is 0 Å². The summed E-state index contributed by atoms with van der Waals surface area (Å²) in [5.74, 6) is 0. The second-order valence-corrected chi connectivity index (χ2v) is 6.19. The van der Waals surface area contributed by atoms with Crippen LogP contribution in [-0.2, 0) is 6.54 Å². The zero-order chi connectivity index (χ0) is 15.8. The zero-order valence-corrected chi connectivity index (χ0v) is 14.0. The first-order chi connectivity index (χ1) is 10.7. The Bertz CT molecular complexity index is 450. The van der Waals surface area contributed by atoms with E-state index in [1.54, 1.807) is 0 Å². The van der Waals surface area contributed by atoms with Gasteiger partial charge in [-0.25, -0.2) is 4.79 Å². The molecule has 1 heterocycles. The smallest absolute Gasteiger partial charge is 0.317 e. The third-order valence-corrected chi connectivity index (χ3v) is 4.24. The number of rotatable bonds is 6. The average molecular weight is 303 g/mol. The number of aryl methyl sites for hydroxylation is 1.